The Labute approximate surface area is 215 Å². The van der Waals surface area contributed by atoms with Gasteiger partial charge < -0.3 is 14.6 Å². The number of carbonyl (C=O) groups excluding carboxylic acids is 1. The number of aryl methyl sites for hydroxylation is 2. The molecular formula is C22H23ClN4O7S2. The number of morpholine rings is 1. The molecule has 11 nitrogen and oxygen atoms in total. The number of nitrogens with zero attached hydrogens (tertiary/aromatic N) is 3. The summed E-state index contributed by atoms with van der Waals surface area (Å²) < 4.78 is 60.7. The van der Waals surface area contributed by atoms with Gasteiger partial charge in [0.2, 0.25) is 10.0 Å². The van der Waals surface area contributed by atoms with Crippen LogP contribution < -0.4 is 9.62 Å². The minimum atomic E-state index is -3.69. The van der Waals surface area contributed by atoms with E-state index in [1.165, 1.54) is 46.8 Å². The van der Waals surface area contributed by atoms with E-state index in [1.54, 1.807) is 13.8 Å². The number of hydrogen-bond acceptors (Lipinski definition) is 7. The molecule has 1 unspecified atom stereocenters. The van der Waals surface area contributed by atoms with Crippen molar-refractivity contribution >= 4 is 55.9 Å². The van der Waals surface area contributed by atoms with Crippen LogP contribution in [0, 0.1) is 13.8 Å². The second kappa shape index (κ2) is 10.7. The van der Waals surface area contributed by atoms with Crippen molar-refractivity contribution in [1.82, 2.24) is 9.46 Å². The first-order chi connectivity index (χ1) is 17.1. The number of rotatable bonds is 7. The summed E-state index contributed by atoms with van der Waals surface area (Å²) in [7, 11) is -3.69. The molecule has 192 valence electrons. The van der Waals surface area contributed by atoms with Gasteiger partial charge in [0.25, 0.3) is 17.2 Å². The van der Waals surface area contributed by atoms with Gasteiger partial charge in [-0.25, -0.2) is 16.9 Å². The van der Waals surface area contributed by atoms with Gasteiger partial charge in [-0.3, -0.25) is 9.35 Å². The molecular weight excluding hydrogens is 532 g/mol. The summed E-state index contributed by atoms with van der Waals surface area (Å²) >= 11 is 3.56. The molecule has 2 N–H and O–H groups in total. The van der Waals surface area contributed by atoms with Gasteiger partial charge in [-0.1, -0.05) is 16.8 Å². The van der Waals surface area contributed by atoms with Crippen LogP contribution in [0.2, 0.25) is 5.02 Å². The van der Waals surface area contributed by atoms with Crippen molar-refractivity contribution in [2.45, 2.75) is 18.7 Å². The van der Waals surface area contributed by atoms with Crippen LogP contribution in [0.25, 0.3) is 0 Å². The number of ether oxygens (including phenoxy) is 1. The van der Waals surface area contributed by atoms with Crippen LogP contribution in [-0.4, -0.2) is 58.9 Å². The molecule has 36 heavy (non-hydrogen) atoms. The third-order valence-corrected chi connectivity index (χ3v) is 8.34. The summed E-state index contributed by atoms with van der Waals surface area (Å²) in [5.74, 6) is -0.341. The van der Waals surface area contributed by atoms with E-state index in [0.717, 1.165) is 4.31 Å². The number of benzene rings is 2. The Hall–Kier alpha value is -2.81. The van der Waals surface area contributed by atoms with Crippen molar-refractivity contribution in [3.8, 4) is 0 Å². The molecule has 1 saturated heterocycles. The first-order valence-electron chi connectivity index (χ1n) is 10.7. The van der Waals surface area contributed by atoms with Gasteiger partial charge in [0, 0.05) is 23.8 Å². The number of anilines is 3. The van der Waals surface area contributed by atoms with Crippen molar-refractivity contribution in [1.29, 1.82) is 0 Å². The fourth-order valence-electron chi connectivity index (χ4n) is 3.76. The lowest BCUT2D eigenvalue weighted by molar-refractivity contribution is 0.0730. The molecule has 0 bridgehead atoms. The first-order valence-corrected chi connectivity index (χ1v) is 13.6. The molecule has 1 fully saturated rings. The lowest BCUT2D eigenvalue weighted by Gasteiger charge is -2.26. The predicted molar refractivity (Wildman–Crippen MR) is 134 cm³/mol. The van der Waals surface area contributed by atoms with Gasteiger partial charge in [0.1, 0.15) is 11.4 Å². The molecule has 1 aromatic heterocycles. The molecule has 0 spiro atoms. The van der Waals surface area contributed by atoms with Gasteiger partial charge in [-0.2, -0.15) is 4.31 Å². The quantitative estimate of drug-likeness (QED) is 0.423. The van der Waals surface area contributed by atoms with E-state index < -0.39 is 27.2 Å². The van der Waals surface area contributed by atoms with E-state index in [4.69, 9.17) is 20.9 Å². The SMILES string of the molecule is Cc1noc(C)c1N(c1ccc(Cl)cc1C(=O)Nc1ccc(S(=O)(=O)N2CCOCC2)cc1)S(=O)O. The van der Waals surface area contributed by atoms with Crippen molar-refractivity contribution in [2.24, 2.45) is 0 Å². The zero-order chi connectivity index (χ0) is 26.0. The number of aromatic nitrogens is 1. The van der Waals surface area contributed by atoms with E-state index >= 15 is 0 Å². The summed E-state index contributed by atoms with van der Waals surface area (Å²) in [5.41, 5.74) is 1.02. The summed E-state index contributed by atoms with van der Waals surface area (Å²) in [6, 6.07) is 10.0. The molecule has 2 heterocycles. The first kappa shape index (κ1) is 26.3. The van der Waals surface area contributed by atoms with Crippen LogP contribution in [0.15, 0.2) is 51.9 Å². The van der Waals surface area contributed by atoms with Crippen LogP contribution in [0.3, 0.4) is 0 Å². The third kappa shape index (κ3) is 5.31. The smallest absolute Gasteiger partial charge is 0.266 e. The Morgan fingerprint density at radius 1 is 1.17 bits per heavy atom. The molecule has 1 aliphatic heterocycles. The number of carbonyl (C=O) groups is 1. The van der Waals surface area contributed by atoms with Gasteiger partial charge in [-0.15, -0.1) is 0 Å². The maximum absolute atomic E-state index is 13.2. The van der Waals surface area contributed by atoms with E-state index in [2.05, 4.69) is 10.5 Å². The Bertz CT molecular complexity index is 1380. The summed E-state index contributed by atoms with van der Waals surface area (Å²) in [5, 5.41) is 6.73. The highest BCUT2D eigenvalue weighted by Crippen LogP contribution is 2.36. The van der Waals surface area contributed by atoms with Crippen LogP contribution in [0.1, 0.15) is 21.8 Å². The molecule has 1 aliphatic rings. The number of amides is 1. The average molecular weight is 555 g/mol. The molecule has 0 saturated carbocycles. The molecule has 0 radical (unpaired) electrons. The van der Waals surface area contributed by atoms with Crippen molar-refractivity contribution < 1.29 is 31.2 Å². The highest BCUT2D eigenvalue weighted by Gasteiger charge is 2.28. The van der Waals surface area contributed by atoms with Gasteiger partial charge in [0.15, 0.2) is 5.76 Å². The third-order valence-electron chi connectivity index (χ3n) is 5.50. The molecule has 4 rings (SSSR count). The van der Waals surface area contributed by atoms with Gasteiger partial charge >= 0.3 is 0 Å². The van der Waals surface area contributed by atoms with E-state index in [9.17, 15) is 22.0 Å². The van der Waals surface area contributed by atoms with Gasteiger partial charge in [-0.05, 0) is 56.3 Å². The zero-order valence-electron chi connectivity index (χ0n) is 19.3. The average Bonchev–Trinajstić information content (AvgIpc) is 3.18. The standard InChI is InChI=1S/C22H23ClN4O7S2/c1-14-21(15(2)34-25-14)27(35(29)30)20-8-3-16(23)13-19(20)22(28)24-17-4-6-18(7-5-17)36(31,32)26-9-11-33-12-10-26/h3-8,13H,9-12H2,1-2H3,(H,24,28)(H,29,30). The van der Waals surface area contributed by atoms with Crippen molar-refractivity contribution in [3.05, 3.63) is 64.5 Å². The van der Waals surface area contributed by atoms with Crippen LogP contribution in [0.4, 0.5) is 17.1 Å². The van der Waals surface area contributed by atoms with Crippen LogP contribution in [0.5, 0.6) is 0 Å². The summed E-state index contributed by atoms with van der Waals surface area (Å²) in [6.45, 7) is 4.39. The Balaban J connectivity index is 1.62. The van der Waals surface area contributed by atoms with Crippen LogP contribution in [-0.2, 0) is 26.0 Å². The fourth-order valence-corrected chi connectivity index (χ4v) is 6.09. The topological polar surface area (TPSA) is 142 Å². The van der Waals surface area contributed by atoms with E-state index in [0.29, 0.717) is 24.6 Å². The largest absolute Gasteiger partial charge is 0.379 e. The van der Waals surface area contributed by atoms with Gasteiger partial charge in [0.05, 0.1) is 29.4 Å². The monoisotopic (exact) mass is 554 g/mol. The second-order valence-electron chi connectivity index (χ2n) is 7.85. The summed E-state index contributed by atoms with van der Waals surface area (Å²) in [6.07, 6.45) is 0. The Morgan fingerprint density at radius 2 is 1.83 bits per heavy atom. The highest BCUT2D eigenvalue weighted by atomic mass is 35.5. The lowest BCUT2D eigenvalue weighted by Crippen LogP contribution is -2.40. The number of halogens is 1. The predicted octanol–water partition coefficient (Wildman–Crippen LogP) is 3.49. The molecule has 0 aliphatic carbocycles. The van der Waals surface area contributed by atoms with Crippen molar-refractivity contribution in [2.75, 3.05) is 35.9 Å². The van der Waals surface area contributed by atoms with E-state index in [-0.39, 0.29) is 45.7 Å². The zero-order valence-corrected chi connectivity index (χ0v) is 21.7. The fraction of sp³-hybridized carbons (Fsp3) is 0.273. The van der Waals surface area contributed by atoms with Crippen LogP contribution >= 0.6 is 11.6 Å². The Morgan fingerprint density at radius 3 is 2.42 bits per heavy atom. The lowest BCUT2D eigenvalue weighted by atomic mass is 10.1. The number of sulfonamides is 1. The van der Waals surface area contributed by atoms with E-state index in [1.807, 2.05) is 0 Å². The maximum atomic E-state index is 13.2. The molecule has 3 aromatic rings. The second-order valence-corrected chi connectivity index (χ2v) is 11.1. The molecule has 14 heteroatoms. The Kier molecular flexibility index (Phi) is 7.78. The minimum Gasteiger partial charge on any atom is -0.379 e. The van der Waals surface area contributed by atoms with Crippen molar-refractivity contribution in [3.63, 3.8) is 0 Å². The number of nitrogens with one attached hydrogen (secondary N) is 1. The molecule has 1 atom stereocenters. The maximum Gasteiger partial charge on any atom is 0.266 e. The molecule has 1 amide bonds. The number of hydrogen-bond donors (Lipinski definition) is 2. The minimum absolute atomic E-state index is 0.00918. The normalized spacial score (nSPS) is 15.4. The molecule has 2 aromatic carbocycles. The highest BCUT2D eigenvalue weighted by molar-refractivity contribution is 7.89. The summed E-state index contributed by atoms with van der Waals surface area (Å²) in [4.78, 5) is 13.3.